The lowest BCUT2D eigenvalue weighted by molar-refractivity contribution is -0.671. The van der Waals surface area contributed by atoms with Gasteiger partial charge in [0.2, 0.25) is 12.1 Å². The number of carbonyl (C=O) groups excluding carboxylic acids is 3. The van der Waals surface area contributed by atoms with Gasteiger partial charge in [-0.3, -0.25) is 9.59 Å². The van der Waals surface area contributed by atoms with Crippen LogP contribution in [0.4, 0.5) is 0 Å². The average Bonchev–Trinajstić information content (AvgIpc) is 3.24. The number of imidazole rings is 1. The molecule has 0 bridgehead atoms. The Bertz CT molecular complexity index is 1200. The van der Waals surface area contributed by atoms with Crippen molar-refractivity contribution in [2.24, 2.45) is 7.05 Å². The summed E-state index contributed by atoms with van der Waals surface area (Å²) in [5.74, 6) is -2.59. The highest BCUT2D eigenvalue weighted by molar-refractivity contribution is 6.38. The van der Waals surface area contributed by atoms with E-state index in [2.05, 4.69) is 4.57 Å². The molecule has 0 saturated carbocycles. The largest absolute Gasteiger partial charge is 0.541 e. The second-order valence-electron chi connectivity index (χ2n) is 7.13. The van der Waals surface area contributed by atoms with Crippen LogP contribution < -0.4 is 9.67 Å². The molecule has 1 aromatic heterocycles. The van der Waals surface area contributed by atoms with Crippen molar-refractivity contribution in [3.05, 3.63) is 126 Å². The second kappa shape index (κ2) is 10.6. The molecule has 0 radical (unpaired) electrons. The molecule has 0 aliphatic carbocycles. The van der Waals surface area contributed by atoms with Crippen molar-refractivity contribution in [2.75, 3.05) is 0 Å². The molecule has 6 nitrogen and oxygen atoms in total. The van der Waals surface area contributed by atoms with Crippen LogP contribution in [-0.4, -0.2) is 22.1 Å². The molecule has 0 saturated heterocycles. The van der Waals surface area contributed by atoms with Crippen LogP contribution in [0.3, 0.4) is 0 Å². The first-order valence-corrected chi connectivity index (χ1v) is 9.94. The Morgan fingerprint density at radius 1 is 0.781 bits per heavy atom. The van der Waals surface area contributed by atoms with E-state index in [1.54, 1.807) is 18.2 Å². The fourth-order valence-electron chi connectivity index (χ4n) is 3.03. The van der Waals surface area contributed by atoms with E-state index in [4.69, 9.17) is 0 Å². The molecule has 0 aliphatic rings. The zero-order valence-electron chi connectivity index (χ0n) is 17.5. The third-order valence-corrected chi connectivity index (χ3v) is 4.66. The molecule has 32 heavy (non-hydrogen) atoms. The first kappa shape index (κ1) is 22.4. The van der Waals surface area contributed by atoms with E-state index in [9.17, 15) is 19.5 Å². The number of aromatic nitrogens is 2. The predicted octanol–water partition coefficient (Wildman–Crippen LogP) is 2.21. The van der Waals surface area contributed by atoms with Gasteiger partial charge in [-0.05, 0) is 5.56 Å². The van der Waals surface area contributed by atoms with Crippen LogP contribution in [0.15, 0.2) is 104 Å². The average molecular weight is 426 g/mol. The predicted molar refractivity (Wildman–Crippen MR) is 117 cm³/mol. The van der Waals surface area contributed by atoms with Gasteiger partial charge in [0, 0.05) is 16.7 Å². The van der Waals surface area contributed by atoms with Gasteiger partial charge >= 0.3 is 0 Å². The number of Topliss-reactive ketones (excluding diaryl/α,β-unsaturated/α-hetero) is 1. The summed E-state index contributed by atoms with van der Waals surface area (Å²) < 4.78 is 4.11. The number of ketones is 2. The first-order chi connectivity index (χ1) is 15.4. The molecule has 0 unspecified atom stereocenters. The van der Waals surface area contributed by atoms with Crippen molar-refractivity contribution in [3.63, 3.8) is 0 Å². The molecule has 0 spiro atoms. The summed E-state index contributed by atoms with van der Waals surface area (Å²) in [6.45, 7) is 0.806. The Morgan fingerprint density at radius 2 is 1.31 bits per heavy atom. The number of rotatable bonds is 6. The zero-order chi connectivity index (χ0) is 22.9. The van der Waals surface area contributed by atoms with Gasteiger partial charge in [-0.15, -0.1) is 0 Å². The Hall–Kier alpha value is -4.32. The highest BCUT2D eigenvalue weighted by Crippen LogP contribution is 2.11. The number of hydrogen-bond acceptors (Lipinski definition) is 4. The van der Waals surface area contributed by atoms with E-state index in [-0.39, 0.29) is 11.3 Å². The maximum atomic E-state index is 12.3. The summed E-state index contributed by atoms with van der Waals surface area (Å²) in [5, 5.41) is 10.0. The van der Waals surface area contributed by atoms with E-state index in [0.29, 0.717) is 0 Å². The van der Waals surface area contributed by atoms with E-state index in [1.807, 2.05) is 84.9 Å². The topological polar surface area (TPSA) is 83.1 Å². The fraction of sp³-hybridized carbons (Fsp3) is 0.0769. The Morgan fingerprint density at radius 3 is 1.81 bits per heavy atom. The molecule has 0 fully saturated rings. The molecule has 0 aliphatic heterocycles. The zero-order valence-corrected chi connectivity index (χ0v) is 17.5. The Labute approximate surface area is 186 Å². The molecule has 1 heterocycles. The Kier molecular flexibility index (Phi) is 7.43. The maximum absolute atomic E-state index is 12.3. The first-order valence-electron chi connectivity index (χ1n) is 9.94. The van der Waals surface area contributed by atoms with Gasteiger partial charge in [0.1, 0.15) is 24.9 Å². The van der Waals surface area contributed by atoms with Crippen molar-refractivity contribution in [1.82, 2.24) is 4.57 Å². The number of aryl methyl sites for hydroxylation is 1. The molecule has 4 rings (SSSR count). The lowest BCUT2D eigenvalue weighted by atomic mass is 10.0. The lowest BCUT2D eigenvalue weighted by Crippen LogP contribution is -2.31. The van der Waals surface area contributed by atoms with E-state index < -0.39 is 11.8 Å². The standard InChI is InChI=1S/C18H17N2O.C8H6O3/c1-19-11-12-20(14-19)13-15-7-9-17(10-8-15)18(21)16-5-3-2-4-6-16;9-7(8(10)11)6-4-2-1-3-5-6/h2-12,14H,13H2,1H3;1-5H,(H,10,11)/q+1;/p-1. The number of nitrogens with zero attached hydrogens (tertiary/aromatic N) is 2. The van der Waals surface area contributed by atoms with Crippen molar-refractivity contribution in [1.29, 1.82) is 0 Å². The molecule has 0 atom stereocenters. The number of benzene rings is 3. The normalized spacial score (nSPS) is 10.0. The summed E-state index contributed by atoms with van der Waals surface area (Å²) in [6.07, 6.45) is 6.07. The smallest absolute Gasteiger partial charge is 0.243 e. The van der Waals surface area contributed by atoms with Crippen molar-refractivity contribution in [2.45, 2.75) is 6.54 Å². The maximum Gasteiger partial charge on any atom is 0.243 e. The molecule has 0 amide bonds. The van der Waals surface area contributed by atoms with Gasteiger partial charge in [-0.2, -0.15) is 0 Å². The second-order valence-corrected chi connectivity index (χ2v) is 7.13. The summed E-state index contributed by atoms with van der Waals surface area (Å²) in [4.78, 5) is 33.0. The quantitative estimate of drug-likeness (QED) is 0.269. The fourth-order valence-corrected chi connectivity index (χ4v) is 3.03. The minimum atomic E-state index is -1.67. The summed E-state index contributed by atoms with van der Waals surface area (Å²) in [5.41, 5.74) is 2.77. The molecule has 0 N–H and O–H groups in total. The van der Waals surface area contributed by atoms with Crippen molar-refractivity contribution in [3.8, 4) is 0 Å². The van der Waals surface area contributed by atoms with Gasteiger partial charge in [-0.1, -0.05) is 84.9 Å². The van der Waals surface area contributed by atoms with Gasteiger partial charge in [0.25, 0.3) is 0 Å². The summed E-state index contributed by atoms with van der Waals surface area (Å²) in [6, 6.07) is 24.9. The minimum absolute atomic E-state index is 0.0644. The summed E-state index contributed by atoms with van der Waals surface area (Å²) >= 11 is 0. The third kappa shape index (κ3) is 6.09. The van der Waals surface area contributed by atoms with E-state index in [0.717, 1.165) is 17.7 Å². The van der Waals surface area contributed by atoms with Gasteiger partial charge in [-0.25, -0.2) is 9.13 Å². The van der Waals surface area contributed by atoms with Crippen LogP contribution >= 0.6 is 0 Å². The molecule has 3 aromatic carbocycles. The lowest BCUT2D eigenvalue weighted by Gasteiger charge is -2.03. The van der Waals surface area contributed by atoms with Crippen LogP contribution in [0.2, 0.25) is 0 Å². The van der Waals surface area contributed by atoms with Gasteiger partial charge in [0.05, 0.1) is 7.05 Å². The molecular formula is C26H22N2O4. The highest BCUT2D eigenvalue weighted by Gasteiger charge is 2.09. The highest BCUT2D eigenvalue weighted by atomic mass is 16.4. The number of carboxylic acid groups (broad SMARTS) is 1. The molecule has 160 valence electrons. The Balaban J connectivity index is 0.000000222. The SMILES string of the molecule is C[n+]1ccn(Cc2ccc(C(=O)c3ccccc3)cc2)c1.O=C([O-])C(=O)c1ccccc1. The van der Waals surface area contributed by atoms with Crippen molar-refractivity contribution >= 4 is 17.5 Å². The number of aliphatic carboxylic acids is 1. The molecule has 6 heteroatoms. The molecular weight excluding hydrogens is 404 g/mol. The van der Waals surface area contributed by atoms with Crippen LogP contribution in [0.25, 0.3) is 0 Å². The minimum Gasteiger partial charge on any atom is -0.541 e. The van der Waals surface area contributed by atoms with E-state index in [1.165, 1.54) is 17.7 Å². The number of hydrogen-bond donors (Lipinski definition) is 0. The van der Waals surface area contributed by atoms with Crippen LogP contribution in [-0.2, 0) is 18.4 Å². The van der Waals surface area contributed by atoms with Crippen LogP contribution in [0.5, 0.6) is 0 Å². The number of carboxylic acids is 1. The number of carbonyl (C=O) groups is 3. The van der Waals surface area contributed by atoms with Gasteiger partial charge in [0.15, 0.2) is 5.78 Å². The van der Waals surface area contributed by atoms with Crippen molar-refractivity contribution < 1.29 is 24.1 Å². The van der Waals surface area contributed by atoms with Gasteiger partial charge < -0.3 is 9.90 Å². The molecule has 4 aromatic rings. The van der Waals surface area contributed by atoms with Crippen LogP contribution in [0, 0.1) is 0 Å². The van der Waals surface area contributed by atoms with E-state index >= 15 is 0 Å². The van der Waals surface area contributed by atoms with Crippen LogP contribution in [0.1, 0.15) is 31.8 Å². The summed E-state index contributed by atoms with van der Waals surface area (Å²) in [7, 11) is 2.00. The monoisotopic (exact) mass is 426 g/mol. The third-order valence-electron chi connectivity index (χ3n) is 4.66.